The summed E-state index contributed by atoms with van der Waals surface area (Å²) < 4.78 is 33.5. The molecule has 1 aliphatic heterocycles. The summed E-state index contributed by atoms with van der Waals surface area (Å²) in [5.41, 5.74) is 2.33. The van der Waals surface area contributed by atoms with Crippen LogP contribution >= 0.6 is 0 Å². The fraction of sp³-hybridized carbons (Fsp3) is 0.579. The molecule has 1 fully saturated rings. The zero-order chi connectivity index (χ0) is 20.9. The highest BCUT2D eigenvalue weighted by atomic mass is 32.2. The van der Waals surface area contributed by atoms with Crippen LogP contribution in [0.25, 0.3) is 0 Å². The summed E-state index contributed by atoms with van der Waals surface area (Å²) in [6.07, 6.45) is 0.415. The predicted octanol–water partition coefficient (Wildman–Crippen LogP) is 0.991. The first-order valence-corrected chi connectivity index (χ1v) is 10.9. The van der Waals surface area contributed by atoms with Gasteiger partial charge in [0.1, 0.15) is 6.23 Å². The van der Waals surface area contributed by atoms with Crippen LogP contribution in [-0.4, -0.2) is 57.0 Å². The maximum Gasteiger partial charge on any atom is 0.309 e. The fourth-order valence-electron chi connectivity index (χ4n) is 3.37. The van der Waals surface area contributed by atoms with E-state index in [1.165, 1.54) is 4.31 Å². The van der Waals surface area contributed by atoms with Gasteiger partial charge in [0.2, 0.25) is 10.0 Å². The summed E-state index contributed by atoms with van der Waals surface area (Å²) in [7, 11) is -3.82. The maximum atomic E-state index is 13.3. The summed E-state index contributed by atoms with van der Waals surface area (Å²) >= 11 is 0. The topological polar surface area (TPSA) is 105 Å². The standard InChI is InChI=1S/C19H29N3O5S/c1-5-7-20-18(23)19(24)21-12-16-22(8-6-9-27-16)28(25,26)17-14(3)10-13(2)11-15(17)4/h10-11,16H,5-9,12H2,1-4H3,(H,20,23)(H,21,24)/t16-/m0/s1. The molecule has 0 spiro atoms. The van der Waals surface area contributed by atoms with E-state index in [4.69, 9.17) is 4.74 Å². The fourth-order valence-corrected chi connectivity index (χ4v) is 5.35. The average molecular weight is 412 g/mol. The summed E-state index contributed by atoms with van der Waals surface area (Å²) in [4.78, 5) is 23.9. The van der Waals surface area contributed by atoms with Crippen LogP contribution in [-0.2, 0) is 24.3 Å². The highest BCUT2D eigenvalue weighted by Gasteiger charge is 2.36. The Labute approximate surface area is 166 Å². The number of nitrogens with one attached hydrogen (secondary N) is 2. The second kappa shape index (κ2) is 9.49. The van der Waals surface area contributed by atoms with Crippen LogP contribution in [0.2, 0.25) is 0 Å². The summed E-state index contributed by atoms with van der Waals surface area (Å²) in [6.45, 7) is 8.32. The SMILES string of the molecule is CCCNC(=O)C(=O)NC[C@@H]1OCCCN1S(=O)(=O)c1c(C)cc(C)cc1C. The van der Waals surface area contributed by atoms with Crippen molar-refractivity contribution >= 4 is 21.8 Å². The minimum absolute atomic E-state index is 0.0957. The molecule has 1 heterocycles. The van der Waals surface area contributed by atoms with E-state index in [9.17, 15) is 18.0 Å². The van der Waals surface area contributed by atoms with Gasteiger partial charge in [-0.15, -0.1) is 0 Å². The van der Waals surface area contributed by atoms with Crippen molar-refractivity contribution < 1.29 is 22.7 Å². The third-order valence-electron chi connectivity index (χ3n) is 4.50. The molecule has 1 aliphatic rings. The number of hydrogen-bond donors (Lipinski definition) is 2. The molecule has 2 N–H and O–H groups in total. The van der Waals surface area contributed by atoms with E-state index < -0.39 is 28.1 Å². The van der Waals surface area contributed by atoms with Gasteiger partial charge in [0.25, 0.3) is 0 Å². The van der Waals surface area contributed by atoms with Gasteiger partial charge in [-0.05, 0) is 44.7 Å². The second-order valence-electron chi connectivity index (χ2n) is 6.99. The quantitative estimate of drug-likeness (QED) is 0.680. The number of amides is 2. The molecule has 8 nitrogen and oxygen atoms in total. The number of carbonyl (C=O) groups excluding carboxylic acids is 2. The number of hydrogen-bond acceptors (Lipinski definition) is 5. The molecule has 0 bridgehead atoms. The number of carbonyl (C=O) groups is 2. The van der Waals surface area contributed by atoms with Crippen molar-refractivity contribution in [2.24, 2.45) is 0 Å². The van der Waals surface area contributed by atoms with Crippen molar-refractivity contribution in [3.8, 4) is 0 Å². The van der Waals surface area contributed by atoms with E-state index in [0.29, 0.717) is 37.1 Å². The van der Waals surface area contributed by atoms with E-state index in [2.05, 4.69) is 10.6 Å². The molecule has 1 saturated heterocycles. The van der Waals surface area contributed by atoms with Crippen molar-refractivity contribution in [1.29, 1.82) is 0 Å². The number of rotatable bonds is 6. The second-order valence-corrected chi connectivity index (χ2v) is 8.82. The Morgan fingerprint density at radius 3 is 2.36 bits per heavy atom. The van der Waals surface area contributed by atoms with Crippen LogP contribution in [0.1, 0.15) is 36.5 Å². The van der Waals surface area contributed by atoms with Gasteiger partial charge < -0.3 is 15.4 Å². The van der Waals surface area contributed by atoms with Crippen molar-refractivity contribution in [2.45, 2.75) is 51.7 Å². The smallest absolute Gasteiger partial charge is 0.309 e. The Bertz CT molecular complexity index is 815. The number of benzene rings is 1. The third-order valence-corrected chi connectivity index (χ3v) is 6.70. The lowest BCUT2D eigenvalue weighted by Gasteiger charge is -2.35. The maximum absolute atomic E-state index is 13.3. The Balaban J connectivity index is 2.18. The van der Waals surface area contributed by atoms with Gasteiger partial charge in [-0.2, -0.15) is 4.31 Å². The molecular weight excluding hydrogens is 382 g/mol. The Kier molecular flexibility index (Phi) is 7.56. The highest BCUT2D eigenvalue weighted by Crippen LogP contribution is 2.28. The summed E-state index contributed by atoms with van der Waals surface area (Å²) in [6, 6.07) is 3.67. The normalized spacial score (nSPS) is 17.9. The van der Waals surface area contributed by atoms with Crippen LogP contribution in [0.4, 0.5) is 0 Å². The predicted molar refractivity (Wildman–Crippen MR) is 105 cm³/mol. The number of nitrogens with zero attached hydrogens (tertiary/aromatic N) is 1. The van der Waals surface area contributed by atoms with Crippen LogP contribution in [0, 0.1) is 20.8 Å². The van der Waals surface area contributed by atoms with Gasteiger partial charge in [0.05, 0.1) is 18.0 Å². The number of ether oxygens (including phenoxy) is 1. The van der Waals surface area contributed by atoms with Gasteiger partial charge in [-0.3, -0.25) is 9.59 Å². The van der Waals surface area contributed by atoms with E-state index in [0.717, 1.165) is 5.56 Å². The van der Waals surface area contributed by atoms with Gasteiger partial charge in [-0.1, -0.05) is 24.6 Å². The Hall–Kier alpha value is -1.97. The molecular formula is C19H29N3O5S. The molecule has 28 heavy (non-hydrogen) atoms. The largest absolute Gasteiger partial charge is 0.360 e. The van der Waals surface area contributed by atoms with Gasteiger partial charge >= 0.3 is 11.8 Å². The molecule has 156 valence electrons. The minimum atomic E-state index is -3.82. The number of sulfonamides is 1. The molecule has 0 radical (unpaired) electrons. The molecule has 2 amide bonds. The molecule has 0 aliphatic carbocycles. The van der Waals surface area contributed by atoms with E-state index in [1.807, 2.05) is 26.0 Å². The zero-order valence-electron chi connectivity index (χ0n) is 16.9. The molecule has 0 aromatic heterocycles. The Morgan fingerprint density at radius 2 is 1.75 bits per heavy atom. The highest BCUT2D eigenvalue weighted by molar-refractivity contribution is 7.89. The third kappa shape index (κ3) is 5.09. The summed E-state index contributed by atoms with van der Waals surface area (Å²) in [5.74, 6) is -1.54. The van der Waals surface area contributed by atoms with Gasteiger partial charge in [0, 0.05) is 13.1 Å². The molecule has 0 saturated carbocycles. The lowest BCUT2D eigenvalue weighted by Crippen LogP contribution is -2.53. The first kappa shape index (κ1) is 22.3. The lowest BCUT2D eigenvalue weighted by atomic mass is 10.1. The summed E-state index contributed by atoms with van der Waals surface area (Å²) in [5, 5.41) is 4.95. The first-order valence-electron chi connectivity index (χ1n) is 9.45. The van der Waals surface area contributed by atoms with Crippen LogP contribution < -0.4 is 10.6 Å². The Morgan fingerprint density at radius 1 is 1.14 bits per heavy atom. The van der Waals surface area contributed by atoms with Crippen LogP contribution in [0.15, 0.2) is 17.0 Å². The monoisotopic (exact) mass is 411 g/mol. The zero-order valence-corrected chi connectivity index (χ0v) is 17.7. The van der Waals surface area contributed by atoms with Crippen molar-refractivity contribution in [3.05, 3.63) is 28.8 Å². The number of aryl methyl sites for hydroxylation is 3. The molecule has 0 unspecified atom stereocenters. The molecule has 2 rings (SSSR count). The van der Waals surface area contributed by atoms with E-state index in [1.54, 1.807) is 13.8 Å². The molecule has 1 aromatic rings. The van der Waals surface area contributed by atoms with E-state index >= 15 is 0 Å². The van der Waals surface area contributed by atoms with Gasteiger partial charge in [0.15, 0.2) is 0 Å². The first-order chi connectivity index (χ1) is 13.2. The van der Waals surface area contributed by atoms with Crippen molar-refractivity contribution in [2.75, 3.05) is 26.2 Å². The van der Waals surface area contributed by atoms with Gasteiger partial charge in [-0.25, -0.2) is 8.42 Å². The van der Waals surface area contributed by atoms with E-state index in [-0.39, 0.29) is 18.0 Å². The van der Waals surface area contributed by atoms with Crippen LogP contribution in [0.5, 0.6) is 0 Å². The van der Waals surface area contributed by atoms with Crippen molar-refractivity contribution in [3.63, 3.8) is 0 Å². The molecule has 9 heteroatoms. The van der Waals surface area contributed by atoms with Crippen LogP contribution in [0.3, 0.4) is 0 Å². The minimum Gasteiger partial charge on any atom is -0.360 e. The molecule has 1 aromatic carbocycles. The van der Waals surface area contributed by atoms with Crippen molar-refractivity contribution in [1.82, 2.24) is 14.9 Å². The molecule has 1 atom stereocenters. The lowest BCUT2D eigenvalue weighted by molar-refractivity contribution is -0.140. The average Bonchev–Trinajstić information content (AvgIpc) is 2.63.